The van der Waals surface area contributed by atoms with Crippen LogP contribution < -0.4 is 5.32 Å². The van der Waals surface area contributed by atoms with Gasteiger partial charge in [-0.05, 0) is 51.2 Å². The van der Waals surface area contributed by atoms with E-state index in [-0.39, 0.29) is 39.4 Å². The average molecular weight is 379 g/mol. The van der Waals surface area contributed by atoms with Gasteiger partial charge in [-0.3, -0.25) is 4.79 Å². The van der Waals surface area contributed by atoms with Gasteiger partial charge in [-0.15, -0.1) is 0 Å². The van der Waals surface area contributed by atoms with Gasteiger partial charge in [0.1, 0.15) is 22.8 Å². The minimum absolute atomic E-state index is 0.0230. The van der Waals surface area contributed by atoms with Crippen molar-refractivity contribution < 1.29 is 18.4 Å². The number of carbonyl (C=O) groups is 1. The third-order valence-electron chi connectivity index (χ3n) is 5.38. The molecule has 2 fully saturated rings. The van der Waals surface area contributed by atoms with Crippen molar-refractivity contribution in [3.05, 3.63) is 40.4 Å². The van der Waals surface area contributed by atoms with Gasteiger partial charge in [-0.25, -0.2) is 4.39 Å². The molecule has 1 aliphatic carbocycles. The molecule has 138 valence electrons. The molecule has 2 heterocycles. The van der Waals surface area contributed by atoms with Gasteiger partial charge in [0, 0.05) is 12.6 Å². The first-order valence-electron chi connectivity index (χ1n) is 8.85. The summed E-state index contributed by atoms with van der Waals surface area (Å²) >= 11 is 6.14. The maximum atomic E-state index is 14.3. The first-order chi connectivity index (χ1) is 12.5. The van der Waals surface area contributed by atoms with E-state index >= 15 is 0 Å². The highest BCUT2D eigenvalue weighted by Gasteiger charge is 2.43. The lowest BCUT2D eigenvalue weighted by Gasteiger charge is -2.47. The molecule has 0 radical (unpaired) electrons. The molecule has 0 bridgehead atoms. The number of halogens is 2. The van der Waals surface area contributed by atoms with Crippen molar-refractivity contribution in [2.45, 2.75) is 50.7 Å². The van der Waals surface area contributed by atoms with Crippen LogP contribution in [-0.2, 0) is 4.74 Å². The molecule has 2 aromatic rings. The van der Waals surface area contributed by atoms with Crippen molar-refractivity contribution in [1.82, 2.24) is 10.5 Å². The fourth-order valence-electron chi connectivity index (χ4n) is 3.86. The lowest BCUT2D eigenvalue weighted by atomic mass is 9.74. The van der Waals surface area contributed by atoms with Crippen LogP contribution in [0.25, 0.3) is 11.3 Å². The Morgan fingerprint density at radius 3 is 2.92 bits per heavy atom. The van der Waals surface area contributed by atoms with E-state index in [0.717, 1.165) is 25.7 Å². The Hall–Kier alpha value is -1.92. The van der Waals surface area contributed by atoms with Crippen LogP contribution in [0.2, 0.25) is 5.02 Å². The first kappa shape index (κ1) is 17.5. The molecule has 4 rings (SSSR count). The number of hydrogen-bond acceptors (Lipinski definition) is 4. The van der Waals surface area contributed by atoms with E-state index in [0.29, 0.717) is 12.4 Å². The molecular formula is C19H20ClFN2O3. The van der Waals surface area contributed by atoms with Gasteiger partial charge in [0.05, 0.1) is 16.2 Å². The van der Waals surface area contributed by atoms with Gasteiger partial charge in [0.2, 0.25) is 0 Å². The monoisotopic (exact) mass is 378 g/mol. The normalized spacial score (nSPS) is 21.4. The second kappa shape index (κ2) is 6.67. The Labute approximate surface area is 155 Å². The molecular weight excluding hydrogens is 359 g/mol. The number of aromatic nitrogens is 1. The van der Waals surface area contributed by atoms with Crippen molar-refractivity contribution in [2.24, 2.45) is 0 Å². The third-order valence-corrected chi connectivity index (χ3v) is 5.70. The number of ether oxygens (including phenoxy) is 1. The van der Waals surface area contributed by atoms with E-state index in [9.17, 15) is 9.18 Å². The number of benzene rings is 1. The SMILES string of the molecule is Cc1onc(-c2c(F)cccc2Cl)c1C(=O)NC1CCOC2(CCC2)C1. The zero-order valence-electron chi connectivity index (χ0n) is 14.5. The summed E-state index contributed by atoms with van der Waals surface area (Å²) in [6, 6.07) is 4.37. The smallest absolute Gasteiger partial charge is 0.257 e. The Morgan fingerprint density at radius 1 is 1.42 bits per heavy atom. The Kier molecular flexibility index (Phi) is 4.49. The van der Waals surface area contributed by atoms with Crippen LogP contribution in [0.3, 0.4) is 0 Å². The van der Waals surface area contributed by atoms with Gasteiger partial charge in [-0.1, -0.05) is 22.8 Å². The maximum Gasteiger partial charge on any atom is 0.257 e. The summed E-state index contributed by atoms with van der Waals surface area (Å²) in [7, 11) is 0. The van der Waals surface area contributed by atoms with Crippen molar-refractivity contribution in [1.29, 1.82) is 0 Å². The number of rotatable bonds is 3. The number of amides is 1. The maximum absolute atomic E-state index is 14.3. The molecule has 1 N–H and O–H groups in total. The quantitative estimate of drug-likeness (QED) is 0.866. The highest BCUT2D eigenvalue weighted by Crippen LogP contribution is 2.42. The summed E-state index contributed by atoms with van der Waals surface area (Å²) in [4.78, 5) is 12.9. The summed E-state index contributed by atoms with van der Waals surface area (Å²) in [5, 5.41) is 7.13. The summed E-state index contributed by atoms with van der Waals surface area (Å²) in [5.74, 6) is -0.527. The zero-order chi connectivity index (χ0) is 18.3. The molecule has 1 aromatic heterocycles. The van der Waals surface area contributed by atoms with E-state index in [2.05, 4.69) is 10.5 Å². The number of aryl methyl sites for hydroxylation is 1. The van der Waals surface area contributed by atoms with Gasteiger partial charge >= 0.3 is 0 Å². The predicted molar refractivity (Wildman–Crippen MR) is 94.7 cm³/mol. The minimum atomic E-state index is -0.542. The van der Waals surface area contributed by atoms with Crippen LogP contribution in [0.4, 0.5) is 4.39 Å². The summed E-state index contributed by atoms with van der Waals surface area (Å²) in [5.41, 5.74) is 0.371. The van der Waals surface area contributed by atoms with E-state index < -0.39 is 5.82 Å². The Balaban J connectivity index is 1.60. The van der Waals surface area contributed by atoms with Crippen molar-refractivity contribution in [2.75, 3.05) is 6.61 Å². The van der Waals surface area contributed by atoms with Crippen LogP contribution >= 0.6 is 11.6 Å². The molecule has 1 atom stereocenters. The molecule has 1 amide bonds. The number of nitrogens with one attached hydrogen (secondary N) is 1. The zero-order valence-corrected chi connectivity index (χ0v) is 15.2. The molecule has 1 aromatic carbocycles. The first-order valence-corrected chi connectivity index (χ1v) is 9.22. The Morgan fingerprint density at radius 2 is 2.23 bits per heavy atom. The Bertz CT molecular complexity index is 827. The van der Waals surface area contributed by atoms with Crippen LogP contribution in [-0.4, -0.2) is 29.3 Å². The van der Waals surface area contributed by atoms with Crippen LogP contribution in [0.1, 0.15) is 48.2 Å². The molecule has 7 heteroatoms. The van der Waals surface area contributed by atoms with E-state index in [1.165, 1.54) is 18.6 Å². The van der Waals surface area contributed by atoms with Crippen molar-refractivity contribution in [3.8, 4) is 11.3 Å². The van der Waals surface area contributed by atoms with E-state index in [4.69, 9.17) is 20.9 Å². The second-order valence-electron chi connectivity index (χ2n) is 7.11. The molecule has 1 spiro atoms. The standard InChI is InChI=1S/C19H20ClFN2O3/c1-11-15(17(23-26-11)16-13(20)4-2-5-14(16)21)18(24)22-12-6-9-25-19(10-12)7-3-8-19/h2,4-5,12H,3,6-10H2,1H3,(H,22,24). The van der Waals surface area contributed by atoms with Crippen molar-refractivity contribution >= 4 is 17.5 Å². The van der Waals surface area contributed by atoms with Gasteiger partial charge in [-0.2, -0.15) is 0 Å². The van der Waals surface area contributed by atoms with Crippen LogP contribution in [0.5, 0.6) is 0 Å². The second-order valence-corrected chi connectivity index (χ2v) is 7.51. The third kappa shape index (κ3) is 3.01. The van der Waals surface area contributed by atoms with Crippen LogP contribution in [0, 0.1) is 12.7 Å². The molecule has 5 nitrogen and oxygen atoms in total. The average Bonchev–Trinajstić information content (AvgIpc) is 2.95. The minimum Gasteiger partial charge on any atom is -0.375 e. The summed E-state index contributed by atoms with van der Waals surface area (Å²) in [6.45, 7) is 2.27. The number of nitrogens with zero attached hydrogens (tertiary/aromatic N) is 1. The number of carbonyl (C=O) groups excluding carboxylic acids is 1. The van der Waals surface area contributed by atoms with Crippen LogP contribution in [0.15, 0.2) is 22.7 Å². The lowest BCUT2D eigenvalue weighted by Crippen LogP contribution is -2.52. The molecule has 1 saturated carbocycles. The fourth-order valence-corrected chi connectivity index (χ4v) is 4.11. The topological polar surface area (TPSA) is 64.4 Å². The summed E-state index contributed by atoms with van der Waals surface area (Å²) < 4.78 is 25.4. The van der Waals surface area contributed by atoms with Gasteiger partial charge < -0.3 is 14.6 Å². The van der Waals surface area contributed by atoms with Gasteiger partial charge in [0.15, 0.2) is 0 Å². The van der Waals surface area contributed by atoms with E-state index in [1.54, 1.807) is 13.0 Å². The largest absolute Gasteiger partial charge is 0.375 e. The molecule has 1 aliphatic heterocycles. The number of hydrogen-bond donors (Lipinski definition) is 1. The highest BCUT2D eigenvalue weighted by atomic mass is 35.5. The van der Waals surface area contributed by atoms with E-state index in [1.807, 2.05) is 0 Å². The highest BCUT2D eigenvalue weighted by molar-refractivity contribution is 6.33. The molecule has 1 unspecified atom stereocenters. The summed E-state index contributed by atoms with van der Waals surface area (Å²) in [6.07, 6.45) is 4.82. The molecule has 1 saturated heterocycles. The molecule has 2 aliphatic rings. The fraction of sp³-hybridized carbons (Fsp3) is 0.474. The van der Waals surface area contributed by atoms with Gasteiger partial charge in [0.25, 0.3) is 5.91 Å². The molecule has 26 heavy (non-hydrogen) atoms. The van der Waals surface area contributed by atoms with Crippen molar-refractivity contribution in [3.63, 3.8) is 0 Å². The predicted octanol–water partition coefficient (Wildman–Crippen LogP) is 4.27. The lowest BCUT2D eigenvalue weighted by molar-refractivity contribution is -0.134.